The average Bonchev–Trinajstić information content (AvgIpc) is 2.33. The number of carbonyl (C=O) groups excluding carboxylic acids is 1. The largest absolute Gasteiger partial charge is 0.395 e. The fourth-order valence-corrected chi connectivity index (χ4v) is 1.45. The van der Waals surface area contributed by atoms with E-state index in [1.54, 1.807) is 0 Å². The number of nitrogens with zero attached hydrogens (tertiary/aromatic N) is 1. The second kappa shape index (κ2) is 7.15. The number of hydrogen-bond acceptors (Lipinski definition) is 3. The fourth-order valence-electron chi connectivity index (χ4n) is 1.33. The maximum absolute atomic E-state index is 13.1. The van der Waals surface area contributed by atoms with Crippen molar-refractivity contribution in [1.82, 2.24) is 4.90 Å². The number of halogens is 2. The van der Waals surface area contributed by atoms with E-state index in [-0.39, 0.29) is 37.0 Å². The maximum Gasteiger partial charge on any atom is 0.322 e. The highest BCUT2D eigenvalue weighted by molar-refractivity contribution is 6.30. The molecule has 1 aromatic rings. The van der Waals surface area contributed by atoms with Crippen molar-refractivity contribution in [3.05, 3.63) is 29.0 Å². The van der Waals surface area contributed by atoms with E-state index in [0.29, 0.717) is 0 Å². The van der Waals surface area contributed by atoms with Gasteiger partial charge in [0.15, 0.2) is 0 Å². The van der Waals surface area contributed by atoms with Crippen LogP contribution in [0.15, 0.2) is 18.2 Å². The smallest absolute Gasteiger partial charge is 0.322 e. The van der Waals surface area contributed by atoms with Crippen LogP contribution in [0.2, 0.25) is 5.02 Å². The number of nitrogens with one attached hydrogen (secondary N) is 1. The SMILES string of the molecule is O=C(Nc1ccc(Cl)c(F)c1)N(CCO)CCO. The molecule has 5 nitrogen and oxygen atoms in total. The zero-order valence-corrected chi connectivity index (χ0v) is 10.3. The Morgan fingerprint density at radius 3 is 2.44 bits per heavy atom. The highest BCUT2D eigenvalue weighted by atomic mass is 35.5. The van der Waals surface area contributed by atoms with Crippen molar-refractivity contribution in [3.8, 4) is 0 Å². The van der Waals surface area contributed by atoms with Crippen molar-refractivity contribution in [2.45, 2.75) is 0 Å². The molecule has 0 aliphatic heterocycles. The van der Waals surface area contributed by atoms with Gasteiger partial charge in [-0.15, -0.1) is 0 Å². The minimum atomic E-state index is -0.634. The molecule has 18 heavy (non-hydrogen) atoms. The quantitative estimate of drug-likeness (QED) is 0.759. The second-order valence-electron chi connectivity index (χ2n) is 3.49. The van der Waals surface area contributed by atoms with E-state index in [1.807, 2.05) is 0 Å². The summed E-state index contributed by atoms with van der Waals surface area (Å²) in [7, 11) is 0. The molecule has 1 aromatic carbocycles. The number of hydrogen-bond donors (Lipinski definition) is 3. The third-order valence-corrected chi connectivity index (χ3v) is 2.50. The van der Waals surface area contributed by atoms with E-state index in [2.05, 4.69) is 5.32 Å². The molecule has 0 unspecified atom stereocenters. The zero-order valence-electron chi connectivity index (χ0n) is 9.57. The lowest BCUT2D eigenvalue weighted by molar-refractivity contribution is 0.167. The number of aliphatic hydroxyl groups is 2. The molecule has 3 N–H and O–H groups in total. The molecule has 1 rings (SSSR count). The van der Waals surface area contributed by atoms with Gasteiger partial charge in [0, 0.05) is 18.8 Å². The summed E-state index contributed by atoms with van der Waals surface area (Å²) < 4.78 is 13.1. The lowest BCUT2D eigenvalue weighted by Gasteiger charge is -2.21. The molecule has 100 valence electrons. The highest BCUT2D eigenvalue weighted by Crippen LogP contribution is 2.18. The van der Waals surface area contributed by atoms with Crippen LogP contribution in [0.5, 0.6) is 0 Å². The van der Waals surface area contributed by atoms with Crippen molar-refractivity contribution in [2.75, 3.05) is 31.6 Å². The summed E-state index contributed by atoms with van der Waals surface area (Å²) in [5.41, 5.74) is 0.253. The lowest BCUT2D eigenvalue weighted by Crippen LogP contribution is -2.38. The molecule has 0 radical (unpaired) electrons. The van der Waals surface area contributed by atoms with E-state index in [4.69, 9.17) is 21.8 Å². The molecular formula is C11H14ClFN2O3. The van der Waals surface area contributed by atoms with Crippen LogP contribution in [0.25, 0.3) is 0 Å². The van der Waals surface area contributed by atoms with Gasteiger partial charge in [-0.25, -0.2) is 9.18 Å². The summed E-state index contributed by atoms with van der Waals surface area (Å²) in [4.78, 5) is 12.9. The van der Waals surface area contributed by atoms with Crippen LogP contribution in [-0.4, -0.2) is 47.4 Å². The van der Waals surface area contributed by atoms with Crippen LogP contribution in [0.1, 0.15) is 0 Å². The van der Waals surface area contributed by atoms with E-state index in [1.165, 1.54) is 17.0 Å². The Morgan fingerprint density at radius 1 is 1.33 bits per heavy atom. The van der Waals surface area contributed by atoms with Crippen molar-refractivity contribution in [3.63, 3.8) is 0 Å². The Kier molecular flexibility index (Phi) is 5.84. The number of urea groups is 1. The molecule has 2 amide bonds. The molecule has 0 atom stereocenters. The van der Waals surface area contributed by atoms with E-state index < -0.39 is 11.8 Å². The highest BCUT2D eigenvalue weighted by Gasteiger charge is 2.13. The summed E-state index contributed by atoms with van der Waals surface area (Å²) in [5, 5.41) is 20.0. The molecule has 0 aliphatic rings. The Labute approximate surface area is 109 Å². The molecule has 0 heterocycles. The Balaban J connectivity index is 2.69. The normalized spacial score (nSPS) is 10.2. The fraction of sp³-hybridized carbons (Fsp3) is 0.364. The van der Waals surface area contributed by atoms with Crippen LogP contribution in [-0.2, 0) is 0 Å². The first kappa shape index (κ1) is 14.7. The molecule has 0 saturated carbocycles. The number of aliphatic hydroxyl groups excluding tert-OH is 2. The van der Waals surface area contributed by atoms with E-state index in [0.717, 1.165) is 6.07 Å². The van der Waals surface area contributed by atoms with Crippen molar-refractivity contribution >= 4 is 23.3 Å². The summed E-state index contributed by atoms with van der Waals surface area (Å²) >= 11 is 5.51. The van der Waals surface area contributed by atoms with Gasteiger partial charge in [-0.3, -0.25) is 0 Å². The Morgan fingerprint density at radius 2 is 1.94 bits per heavy atom. The van der Waals surface area contributed by atoms with Crippen molar-refractivity contribution in [2.24, 2.45) is 0 Å². The average molecular weight is 277 g/mol. The third kappa shape index (κ3) is 4.14. The number of rotatable bonds is 5. The van der Waals surface area contributed by atoms with Gasteiger partial charge in [-0.1, -0.05) is 11.6 Å². The molecule has 0 bridgehead atoms. The maximum atomic E-state index is 13.1. The van der Waals surface area contributed by atoms with Crippen molar-refractivity contribution in [1.29, 1.82) is 0 Å². The minimum Gasteiger partial charge on any atom is -0.395 e. The van der Waals surface area contributed by atoms with Crippen molar-refractivity contribution < 1.29 is 19.4 Å². The predicted molar refractivity (Wildman–Crippen MR) is 66.2 cm³/mol. The molecule has 7 heteroatoms. The number of anilines is 1. The molecule has 0 saturated heterocycles. The zero-order chi connectivity index (χ0) is 13.5. The van der Waals surface area contributed by atoms with Gasteiger partial charge < -0.3 is 20.4 Å². The Hall–Kier alpha value is -1.37. The molecule has 0 spiro atoms. The second-order valence-corrected chi connectivity index (χ2v) is 3.90. The predicted octanol–water partition coefficient (Wildman–Crippen LogP) is 1.30. The first-order chi connectivity index (χ1) is 8.58. The van der Waals surface area contributed by atoms with E-state index in [9.17, 15) is 9.18 Å². The van der Waals surface area contributed by atoms with Gasteiger partial charge in [0.05, 0.1) is 18.2 Å². The third-order valence-electron chi connectivity index (χ3n) is 2.20. The van der Waals surface area contributed by atoms with Gasteiger partial charge in [0.1, 0.15) is 5.82 Å². The minimum absolute atomic E-state index is 0.0319. The molecule has 0 fully saturated rings. The lowest BCUT2D eigenvalue weighted by atomic mass is 10.3. The van der Waals surface area contributed by atoms with Crippen LogP contribution < -0.4 is 5.32 Å². The van der Waals surface area contributed by atoms with Gasteiger partial charge in [0.2, 0.25) is 0 Å². The van der Waals surface area contributed by atoms with Gasteiger partial charge in [-0.05, 0) is 18.2 Å². The van der Waals surface area contributed by atoms with Crippen LogP contribution in [0.4, 0.5) is 14.9 Å². The van der Waals surface area contributed by atoms with E-state index >= 15 is 0 Å². The number of benzene rings is 1. The van der Waals surface area contributed by atoms with Gasteiger partial charge in [-0.2, -0.15) is 0 Å². The first-order valence-electron chi connectivity index (χ1n) is 5.31. The standard InChI is InChI=1S/C11H14ClFN2O3/c12-9-2-1-8(7-10(9)13)14-11(18)15(3-5-16)4-6-17/h1-2,7,16-17H,3-6H2,(H,14,18). The van der Waals surface area contributed by atoms with Crippen LogP contribution in [0, 0.1) is 5.82 Å². The van der Waals surface area contributed by atoms with Crippen LogP contribution >= 0.6 is 11.6 Å². The van der Waals surface area contributed by atoms with Crippen LogP contribution in [0.3, 0.4) is 0 Å². The molecule has 0 aliphatic carbocycles. The topological polar surface area (TPSA) is 72.8 Å². The van der Waals surface area contributed by atoms with Gasteiger partial charge in [0.25, 0.3) is 0 Å². The summed E-state index contributed by atoms with van der Waals surface area (Å²) in [6, 6.07) is 3.35. The summed E-state index contributed by atoms with van der Waals surface area (Å²) in [6.45, 7) is -0.268. The van der Waals surface area contributed by atoms with Gasteiger partial charge >= 0.3 is 6.03 Å². The summed E-state index contributed by atoms with van der Waals surface area (Å²) in [6.07, 6.45) is 0. The first-order valence-corrected chi connectivity index (χ1v) is 5.69. The summed E-state index contributed by atoms with van der Waals surface area (Å²) in [5.74, 6) is -0.634. The monoisotopic (exact) mass is 276 g/mol. The number of carbonyl (C=O) groups is 1. The molecule has 0 aromatic heterocycles. The Bertz CT molecular complexity index is 411. The number of amides is 2. The molecular weight excluding hydrogens is 263 g/mol.